The maximum absolute atomic E-state index is 13.9. The highest BCUT2D eigenvalue weighted by atomic mass is 19.3. The van der Waals surface area contributed by atoms with Gasteiger partial charge < -0.3 is 9.94 Å². The Bertz CT molecular complexity index is 587. The van der Waals surface area contributed by atoms with Crippen molar-refractivity contribution < 1.29 is 28.6 Å². The van der Waals surface area contributed by atoms with Crippen molar-refractivity contribution >= 4 is 11.4 Å². The molecule has 1 aromatic carbocycles. The van der Waals surface area contributed by atoms with E-state index in [4.69, 9.17) is 0 Å². The number of aliphatic hydroxyl groups is 1. The van der Waals surface area contributed by atoms with Crippen molar-refractivity contribution in [1.29, 1.82) is 0 Å². The molecule has 0 fully saturated rings. The SMILES string of the molecule is CC1=[N+]([O-])OCC(F)(F)C1(O)c1ccc([N+](=O)[O-])cc1. The van der Waals surface area contributed by atoms with Crippen molar-refractivity contribution in [2.24, 2.45) is 0 Å². The number of nitro groups is 1. The number of hydrogen-bond donors (Lipinski definition) is 1. The van der Waals surface area contributed by atoms with Crippen LogP contribution in [0.1, 0.15) is 12.5 Å². The lowest BCUT2D eigenvalue weighted by Gasteiger charge is -2.37. The van der Waals surface area contributed by atoms with Crippen molar-refractivity contribution in [1.82, 2.24) is 0 Å². The molecule has 1 atom stereocenters. The lowest BCUT2D eigenvalue weighted by atomic mass is 9.83. The molecule has 1 N–H and O–H groups in total. The predicted molar refractivity (Wildman–Crippen MR) is 62.2 cm³/mol. The van der Waals surface area contributed by atoms with Crippen LogP contribution in [0, 0.1) is 15.3 Å². The van der Waals surface area contributed by atoms with E-state index in [1.54, 1.807) is 0 Å². The molecule has 0 aliphatic carbocycles. The first-order valence-electron chi connectivity index (χ1n) is 5.49. The molecule has 1 aliphatic heterocycles. The zero-order valence-corrected chi connectivity index (χ0v) is 10.2. The Labute approximate surface area is 111 Å². The third-order valence-corrected chi connectivity index (χ3v) is 3.19. The van der Waals surface area contributed by atoms with Crippen molar-refractivity contribution in [3.8, 4) is 0 Å². The summed E-state index contributed by atoms with van der Waals surface area (Å²) in [5, 5.41) is 32.1. The van der Waals surface area contributed by atoms with Crippen LogP contribution < -0.4 is 0 Å². The molecule has 2 rings (SSSR count). The fourth-order valence-electron chi connectivity index (χ4n) is 1.98. The van der Waals surface area contributed by atoms with Crippen molar-refractivity contribution in [2.75, 3.05) is 6.61 Å². The normalized spacial score (nSPS) is 25.2. The molecule has 0 aromatic heterocycles. The summed E-state index contributed by atoms with van der Waals surface area (Å²) in [6.07, 6.45) is 0. The highest BCUT2D eigenvalue weighted by molar-refractivity contribution is 5.88. The molecule has 20 heavy (non-hydrogen) atoms. The molecule has 0 spiro atoms. The molecule has 0 saturated heterocycles. The van der Waals surface area contributed by atoms with Gasteiger partial charge in [-0.2, -0.15) is 0 Å². The van der Waals surface area contributed by atoms with Crippen LogP contribution in [-0.2, 0) is 10.4 Å². The molecule has 1 aromatic rings. The van der Waals surface area contributed by atoms with Gasteiger partial charge in [-0.25, -0.2) is 8.78 Å². The second-order valence-electron chi connectivity index (χ2n) is 4.33. The zero-order chi connectivity index (χ0) is 15.1. The van der Waals surface area contributed by atoms with E-state index in [1.165, 1.54) is 0 Å². The van der Waals surface area contributed by atoms with Gasteiger partial charge >= 0.3 is 5.92 Å². The summed E-state index contributed by atoms with van der Waals surface area (Å²) < 4.78 is 27.9. The highest BCUT2D eigenvalue weighted by Crippen LogP contribution is 2.41. The Balaban J connectivity index is 2.57. The van der Waals surface area contributed by atoms with E-state index in [0.717, 1.165) is 31.2 Å². The second kappa shape index (κ2) is 4.37. The van der Waals surface area contributed by atoms with Gasteiger partial charge in [0.1, 0.15) is 6.61 Å². The lowest BCUT2D eigenvalue weighted by molar-refractivity contribution is -0.757. The van der Waals surface area contributed by atoms with Gasteiger partial charge in [-0.15, -0.1) is 0 Å². The van der Waals surface area contributed by atoms with Gasteiger partial charge in [0.05, 0.1) is 4.92 Å². The van der Waals surface area contributed by atoms with Crippen LogP contribution in [0.4, 0.5) is 14.5 Å². The topological polar surface area (TPSA) is 98.7 Å². The second-order valence-corrected chi connectivity index (χ2v) is 4.33. The Morgan fingerprint density at radius 1 is 1.40 bits per heavy atom. The molecule has 108 valence electrons. The maximum atomic E-state index is 13.9. The first-order chi connectivity index (χ1) is 9.20. The molecule has 0 saturated carbocycles. The molecular weight excluding hydrogens is 278 g/mol. The summed E-state index contributed by atoms with van der Waals surface area (Å²) in [5.41, 5.74) is -4.16. The highest BCUT2D eigenvalue weighted by Gasteiger charge is 2.62. The van der Waals surface area contributed by atoms with E-state index in [1.807, 2.05) is 0 Å². The minimum Gasteiger partial charge on any atom is -0.397 e. The van der Waals surface area contributed by atoms with E-state index >= 15 is 0 Å². The van der Waals surface area contributed by atoms with Gasteiger partial charge in [0, 0.05) is 29.5 Å². The standard InChI is InChI=1S/C11H10F2N2O5/c1-7-11(16,10(12,13)6-20-15(7)19)8-2-4-9(5-3-8)14(17)18/h2-5,16H,6H2,1H3. The summed E-state index contributed by atoms with van der Waals surface area (Å²) >= 11 is 0. The Morgan fingerprint density at radius 3 is 2.45 bits per heavy atom. The number of non-ortho nitro benzene ring substituents is 1. The summed E-state index contributed by atoms with van der Waals surface area (Å²) in [4.78, 5) is 13.8. The zero-order valence-electron chi connectivity index (χ0n) is 10.2. The predicted octanol–water partition coefficient (Wildman–Crippen LogP) is 1.33. The van der Waals surface area contributed by atoms with E-state index in [2.05, 4.69) is 4.84 Å². The average molecular weight is 288 g/mol. The number of rotatable bonds is 2. The van der Waals surface area contributed by atoms with Gasteiger partial charge in [-0.3, -0.25) is 15.3 Å². The van der Waals surface area contributed by atoms with Gasteiger partial charge in [-0.1, -0.05) is 0 Å². The van der Waals surface area contributed by atoms with E-state index < -0.39 is 28.8 Å². The monoisotopic (exact) mass is 288 g/mol. The van der Waals surface area contributed by atoms with Crippen molar-refractivity contribution in [3.05, 3.63) is 45.2 Å². The van der Waals surface area contributed by atoms with Crippen molar-refractivity contribution in [3.63, 3.8) is 0 Å². The Morgan fingerprint density at radius 2 is 1.95 bits per heavy atom. The third-order valence-electron chi connectivity index (χ3n) is 3.19. The number of benzene rings is 1. The summed E-state index contributed by atoms with van der Waals surface area (Å²) in [7, 11) is 0. The van der Waals surface area contributed by atoms with Crippen LogP contribution in [0.5, 0.6) is 0 Å². The van der Waals surface area contributed by atoms with Gasteiger partial charge in [0.2, 0.25) is 5.60 Å². The largest absolute Gasteiger partial charge is 0.397 e. The smallest absolute Gasteiger partial charge is 0.305 e. The first-order valence-corrected chi connectivity index (χ1v) is 5.49. The molecule has 1 heterocycles. The lowest BCUT2D eigenvalue weighted by Crippen LogP contribution is -2.58. The Hall–Kier alpha value is -2.29. The van der Waals surface area contributed by atoms with Crippen LogP contribution in [0.15, 0.2) is 24.3 Å². The third kappa shape index (κ3) is 1.86. The first kappa shape index (κ1) is 14.1. The Kier molecular flexibility index (Phi) is 3.09. The molecule has 1 unspecified atom stereocenters. The van der Waals surface area contributed by atoms with Crippen molar-refractivity contribution in [2.45, 2.75) is 18.4 Å². The van der Waals surface area contributed by atoms with Crippen LogP contribution >= 0.6 is 0 Å². The molecule has 0 bridgehead atoms. The fraction of sp³-hybridized carbons (Fsp3) is 0.364. The molecular formula is C11H10F2N2O5. The number of nitrogens with zero attached hydrogens (tertiary/aromatic N) is 2. The van der Waals surface area contributed by atoms with Gasteiger partial charge in [-0.05, 0) is 12.1 Å². The molecule has 1 aliphatic rings. The minimum absolute atomic E-state index is 0.182. The molecule has 7 nitrogen and oxygen atoms in total. The quantitative estimate of drug-likeness (QED) is 0.503. The van der Waals surface area contributed by atoms with Crippen LogP contribution in [0.2, 0.25) is 0 Å². The number of hydrogen-bond acceptors (Lipinski definition) is 5. The number of alkyl halides is 2. The number of nitro benzene ring substituents is 1. The van der Waals surface area contributed by atoms with E-state index in [9.17, 15) is 29.2 Å². The fourth-order valence-corrected chi connectivity index (χ4v) is 1.98. The van der Waals surface area contributed by atoms with Gasteiger partial charge in [0.15, 0.2) is 0 Å². The summed E-state index contributed by atoms with van der Waals surface area (Å²) in [6.45, 7) is -0.289. The van der Waals surface area contributed by atoms with E-state index in [-0.39, 0.29) is 16.2 Å². The minimum atomic E-state index is -3.74. The number of halogens is 2. The average Bonchev–Trinajstić information content (AvgIpc) is 2.41. The van der Waals surface area contributed by atoms with Crippen LogP contribution in [0.25, 0.3) is 0 Å². The molecule has 0 amide bonds. The summed E-state index contributed by atoms with van der Waals surface area (Å²) in [6, 6.07) is 3.91. The van der Waals surface area contributed by atoms with Crippen LogP contribution in [-0.4, -0.2) is 33.2 Å². The van der Waals surface area contributed by atoms with Gasteiger partial charge in [0.25, 0.3) is 11.4 Å². The van der Waals surface area contributed by atoms with E-state index in [0.29, 0.717) is 0 Å². The maximum Gasteiger partial charge on any atom is 0.305 e. The molecule has 0 radical (unpaired) electrons. The summed E-state index contributed by atoms with van der Waals surface area (Å²) in [5.74, 6) is -3.74. The molecule has 9 heteroatoms. The van der Waals surface area contributed by atoms with Crippen LogP contribution in [0.3, 0.4) is 0 Å².